The van der Waals surface area contributed by atoms with E-state index in [1.165, 1.54) is 25.8 Å². The number of H-pyrrole nitrogens is 1. The van der Waals surface area contributed by atoms with E-state index in [0.717, 1.165) is 53.9 Å². The maximum atomic E-state index is 12.9. The van der Waals surface area contributed by atoms with Crippen molar-refractivity contribution in [3.8, 4) is 11.1 Å². The van der Waals surface area contributed by atoms with Gasteiger partial charge in [-0.15, -0.1) is 0 Å². The van der Waals surface area contributed by atoms with Gasteiger partial charge >= 0.3 is 0 Å². The number of carbonyl (C=O) groups is 1. The molecule has 6 nitrogen and oxygen atoms in total. The van der Waals surface area contributed by atoms with Crippen molar-refractivity contribution in [2.24, 2.45) is 5.92 Å². The minimum absolute atomic E-state index is 0.0861. The molecule has 150 valence electrons. The predicted octanol–water partition coefficient (Wildman–Crippen LogP) is 3.62. The van der Waals surface area contributed by atoms with E-state index in [1.807, 2.05) is 36.5 Å². The van der Waals surface area contributed by atoms with Gasteiger partial charge in [0.2, 0.25) is 0 Å². The molecule has 1 saturated heterocycles. The molecule has 2 aliphatic rings. The zero-order chi connectivity index (χ0) is 19.6. The van der Waals surface area contributed by atoms with Crippen LogP contribution >= 0.6 is 0 Å². The lowest BCUT2D eigenvalue weighted by Gasteiger charge is -2.37. The van der Waals surface area contributed by atoms with Crippen LogP contribution in [0.4, 0.5) is 0 Å². The summed E-state index contributed by atoms with van der Waals surface area (Å²) >= 11 is 0. The Morgan fingerprint density at radius 2 is 2.00 bits per heavy atom. The van der Waals surface area contributed by atoms with Gasteiger partial charge in [-0.3, -0.25) is 14.9 Å². The highest BCUT2D eigenvalue weighted by Gasteiger charge is 2.26. The highest BCUT2D eigenvalue weighted by atomic mass is 16.2. The van der Waals surface area contributed by atoms with Crippen LogP contribution in [0.3, 0.4) is 0 Å². The van der Waals surface area contributed by atoms with E-state index in [-0.39, 0.29) is 11.9 Å². The van der Waals surface area contributed by atoms with E-state index in [1.54, 1.807) is 6.20 Å². The fourth-order valence-corrected chi connectivity index (χ4v) is 4.45. The van der Waals surface area contributed by atoms with Crippen LogP contribution in [0.1, 0.15) is 42.6 Å². The fraction of sp³-hybridized carbons (Fsp3) is 0.435. The van der Waals surface area contributed by atoms with Gasteiger partial charge in [-0.05, 0) is 55.4 Å². The Balaban J connectivity index is 1.26. The van der Waals surface area contributed by atoms with Gasteiger partial charge in [0.15, 0.2) is 5.69 Å². The van der Waals surface area contributed by atoms with Gasteiger partial charge in [0.05, 0.1) is 5.52 Å². The second-order valence-corrected chi connectivity index (χ2v) is 8.42. The van der Waals surface area contributed by atoms with E-state index < -0.39 is 0 Å². The number of rotatable bonds is 5. The minimum Gasteiger partial charge on any atom is -0.348 e. The molecule has 2 fully saturated rings. The van der Waals surface area contributed by atoms with Crippen LogP contribution in [0, 0.1) is 5.92 Å². The summed E-state index contributed by atoms with van der Waals surface area (Å²) in [5.41, 5.74) is 3.41. The second kappa shape index (κ2) is 7.95. The summed E-state index contributed by atoms with van der Waals surface area (Å²) in [5, 5.41) is 11.4. The van der Waals surface area contributed by atoms with Gasteiger partial charge in [0.1, 0.15) is 0 Å². The van der Waals surface area contributed by atoms with E-state index in [0.29, 0.717) is 5.69 Å². The Hall–Kier alpha value is -2.73. The Bertz CT molecular complexity index is 987. The van der Waals surface area contributed by atoms with Crippen LogP contribution < -0.4 is 5.32 Å². The first-order valence-electron chi connectivity index (χ1n) is 10.7. The average Bonchev–Trinajstić information content (AvgIpc) is 3.16. The molecule has 2 N–H and O–H groups in total. The molecule has 1 aliphatic heterocycles. The highest BCUT2D eigenvalue weighted by Crippen LogP contribution is 2.28. The van der Waals surface area contributed by atoms with Crippen LogP contribution in [-0.2, 0) is 0 Å². The third-order valence-corrected chi connectivity index (χ3v) is 6.44. The van der Waals surface area contributed by atoms with Gasteiger partial charge in [-0.2, -0.15) is 5.10 Å². The molecule has 0 radical (unpaired) electrons. The number of amides is 1. The largest absolute Gasteiger partial charge is 0.348 e. The maximum absolute atomic E-state index is 12.9. The summed E-state index contributed by atoms with van der Waals surface area (Å²) in [6.45, 7) is 3.39. The standard InChI is InChI=1S/C23H27N5O/c29-23(25-19-8-11-28(12-9-19)15-16-3-1-4-16)22-20-13-17(6-7-21(20)26-27-22)18-5-2-10-24-14-18/h2,5-7,10,13-14,16,19H,1,3-4,8-9,11-12,15H2,(H,25,29)(H,26,27). The number of hydrogen-bond acceptors (Lipinski definition) is 4. The third kappa shape index (κ3) is 3.90. The van der Waals surface area contributed by atoms with Crippen molar-refractivity contribution >= 4 is 16.8 Å². The molecule has 1 amide bonds. The van der Waals surface area contributed by atoms with Crippen molar-refractivity contribution in [2.75, 3.05) is 19.6 Å². The lowest BCUT2D eigenvalue weighted by molar-refractivity contribution is 0.0892. The number of aromatic amines is 1. The summed E-state index contributed by atoms with van der Waals surface area (Å²) in [4.78, 5) is 19.7. The molecule has 2 aromatic heterocycles. The molecular formula is C23H27N5O. The lowest BCUT2D eigenvalue weighted by Crippen LogP contribution is -2.46. The van der Waals surface area contributed by atoms with Crippen LogP contribution in [-0.4, -0.2) is 51.7 Å². The molecule has 29 heavy (non-hydrogen) atoms. The summed E-state index contributed by atoms with van der Waals surface area (Å²) in [6.07, 6.45) is 9.81. The summed E-state index contributed by atoms with van der Waals surface area (Å²) in [7, 11) is 0. The van der Waals surface area contributed by atoms with Gasteiger partial charge in [-0.25, -0.2) is 0 Å². The van der Waals surface area contributed by atoms with E-state index in [4.69, 9.17) is 0 Å². The van der Waals surface area contributed by atoms with E-state index in [2.05, 4.69) is 25.4 Å². The molecule has 0 bridgehead atoms. The number of likely N-dealkylation sites (tertiary alicyclic amines) is 1. The van der Waals surface area contributed by atoms with Crippen molar-refractivity contribution in [3.05, 3.63) is 48.4 Å². The van der Waals surface area contributed by atoms with Crippen molar-refractivity contribution in [3.63, 3.8) is 0 Å². The molecule has 0 spiro atoms. The zero-order valence-corrected chi connectivity index (χ0v) is 16.6. The molecule has 0 unspecified atom stereocenters. The number of piperidine rings is 1. The zero-order valence-electron chi connectivity index (χ0n) is 16.6. The summed E-state index contributed by atoms with van der Waals surface area (Å²) in [5.74, 6) is 0.822. The third-order valence-electron chi connectivity index (χ3n) is 6.44. The van der Waals surface area contributed by atoms with Crippen molar-refractivity contribution in [1.29, 1.82) is 0 Å². The van der Waals surface area contributed by atoms with Crippen LogP contribution in [0.5, 0.6) is 0 Å². The first kappa shape index (κ1) is 18.3. The normalized spacial score (nSPS) is 18.6. The molecular weight excluding hydrogens is 362 g/mol. The number of pyridine rings is 1. The van der Waals surface area contributed by atoms with Crippen LogP contribution in [0.25, 0.3) is 22.0 Å². The smallest absolute Gasteiger partial charge is 0.272 e. The first-order valence-corrected chi connectivity index (χ1v) is 10.7. The monoisotopic (exact) mass is 389 g/mol. The van der Waals surface area contributed by atoms with Gasteiger partial charge in [0.25, 0.3) is 5.91 Å². The summed E-state index contributed by atoms with van der Waals surface area (Å²) < 4.78 is 0. The SMILES string of the molecule is O=C(NC1CCN(CC2CCC2)CC1)c1n[nH]c2ccc(-c3cccnc3)cc12. The predicted molar refractivity (Wildman–Crippen MR) is 114 cm³/mol. The Labute approximate surface area is 170 Å². The second-order valence-electron chi connectivity index (χ2n) is 8.42. The molecule has 0 atom stereocenters. The topological polar surface area (TPSA) is 73.9 Å². The van der Waals surface area contributed by atoms with E-state index >= 15 is 0 Å². The van der Waals surface area contributed by atoms with Crippen molar-refractivity contribution in [1.82, 2.24) is 25.4 Å². The van der Waals surface area contributed by atoms with Crippen molar-refractivity contribution < 1.29 is 4.79 Å². The quantitative estimate of drug-likeness (QED) is 0.699. The first-order chi connectivity index (χ1) is 14.3. The molecule has 3 heterocycles. The molecule has 1 aliphatic carbocycles. The lowest BCUT2D eigenvalue weighted by atomic mass is 9.84. The number of carbonyl (C=O) groups excluding carboxylic acids is 1. The minimum atomic E-state index is -0.0861. The Morgan fingerprint density at radius 3 is 2.72 bits per heavy atom. The van der Waals surface area contributed by atoms with Crippen molar-refractivity contribution in [2.45, 2.75) is 38.1 Å². The van der Waals surface area contributed by atoms with Gasteiger partial charge in [-0.1, -0.05) is 18.6 Å². The number of fused-ring (bicyclic) bond motifs is 1. The fourth-order valence-electron chi connectivity index (χ4n) is 4.45. The number of aromatic nitrogens is 3. The van der Waals surface area contributed by atoms with E-state index in [9.17, 15) is 4.79 Å². The van der Waals surface area contributed by atoms with Crippen LogP contribution in [0.15, 0.2) is 42.7 Å². The molecule has 1 aromatic carbocycles. The highest BCUT2D eigenvalue weighted by molar-refractivity contribution is 6.05. The Kier molecular flexibility index (Phi) is 5.02. The number of nitrogens with zero attached hydrogens (tertiary/aromatic N) is 3. The molecule has 6 heteroatoms. The molecule has 5 rings (SSSR count). The average molecular weight is 390 g/mol. The number of hydrogen-bond donors (Lipinski definition) is 2. The Morgan fingerprint density at radius 1 is 1.14 bits per heavy atom. The molecule has 1 saturated carbocycles. The van der Waals surface area contributed by atoms with Gasteiger partial charge < -0.3 is 10.2 Å². The van der Waals surface area contributed by atoms with Crippen LogP contribution in [0.2, 0.25) is 0 Å². The maximum Gasteiger partial charge on any atom is 0.272 e. The number of nitrogens with one attached hydrogen (secondary N) is 2. The van der Waals surface area contributed by atoms with Gasteiger partial charge in [0, 0.05) is 49.0 Å². The molecule has 3 aromatic rings. The number of benzene rings is 1. The summed E-state index contributed by atoms with van der Waals surface area (Å²) in [6, 6.07) is 10.2.